The molecule has 3 nitrogen and oxygen atoms in total. The zero-order valence-corrected chi connectivity index (χ0v) is 10.00. The smallest absolute Gasteiger partial charge is 0.178 e. The van der Waals surface area contributed by atoms with Gasteiger partial charge < -0.3 is 9.55 Å². The quantitative estimate of drug-likeness (QED) is 0.661. The zero-order valence-electron chi connectivity index (χ0n) is 9.18. The van der Waals surface area contributed by atoms with Crippen molar-refractivity contribution in [1.82, 2.24) is 14.5 Å². The third kappa shape index (κ3) is 1.27. The van der Waals surface area contributed by atoms with Crippen molar-refractivity contribution in [2.45, 2.75) is 18.9 Å². The number of nitrogens with one attached hydrogen (secondary N) is 1. The number of imidazole rings is 1. The Kier molecular flexibility index (Phi) is 1.74. The lowest BCUT2D eigenvalue weighted by molar-refractivity contribution is 0.755. The highest BCUT2D eigenvalue weighted by atomic mass is 32.1. The fourth-order valence-electron chi connectivity index (χ4n) is 2.44. The minimum absolute atomic E-state index is 0.585. The first kappa shape index (κ1) is 9.36. The Bertz CT molecular complexity index is 780. The molecule has 4 heteroatoms. The molecule has 17 heavy (non-hydrogen) atoms. The number of aromatic amines is 1. The minimum atomic E-state index is 0.585. The maximum absolute atomic E-state index is 5.41. The lowest BCUT2D eigenvalue weighted by Crippen LogP contribution is -1.94. The number of para-hydroxylation sites is 1. The van der Waals surface area contributed by atoms with Gasteiger partial charge in [0.15, 0.2) is 4.77 Å². The van der Waals surface area contributed by atoms with Crippen LogP contribution in [0.2, 0.25) is 0 Å². The molecule has 1 aliphatic rings. The van der Waals surface area contributed by atoms with Crippen LogP contribution in [0.4, 0.5) is 0 Å². The highest BCUT2D eigenvalue weighted by Gasteiger charge is 2.26. The summed E-state index contributed by atoms with van der Waals surface area (Å²) in [5.41, 5.74) is 3.28. The molecule has 0 aliphatic heterocycles. The third-order valence-electron chi connectivity index (χ3n) is 3.36. The van der Waals surface area contributed by atoms with Crippen LogP contribution in [0.25, 0.3) is 21.9 Å². The predicted molar refractivity (Wildman–Crippen MR) is 70.7 cm³/mol. The topological polar surface area (TPSA) is 33.6 Å². The average molecular weight is 241 g/mol. The van der Waals surface area contributed by atoms with E-state index < -0.39 is 0 Å². The van der Waals surface area contributed by atoms with E-state index in [0.29, 0.717) is 6.04 Å². The van der Waals surface area contributed by atoms with Gasteiger partial charge in [-0.2, -0.15) is 0 Å². The number of aromatic nitrogens is 3. The van der Waals surface area contributed by atoms with Crippen molar-refractivity contribution in [3.63, 3.8) is 0 Å². The zero-order chi connectivity index (χ0) is 11.4. The summed E-state index contributed by atoms with van der Waals surface area (Å²) in [7, 11) is 0. The normalized spacial score (nSPS) is 15.8. The number of nitrogens with zero attached hydrogens (tertiary/aromatic N) is 2. The van der Waals surface area contributed by atoms with E-state index in [2.05, 4.69) is 26.7 Å². The minimum Gasteiger partial charge on any atom is -0.329 e. The van der Waals surface area contributed by atoms with Crippen molar-refractivity contribution in [3.05, 3.63) is 35.2 Å². The van der Waals surface area contributed by atoms with Gasteiger partial charge in [-0.3, -0.25) is 4.98 Å². The first-order valence-corrected chi connectivity index (χ1v) is 6.23. The van der Waals surface area contributed by atoms with Crippen LogP contribution in [-0.2, 0) is 0 Å². The fraction of sp³-hybridized carbons (Fsp3) is 0.231. The van der Waals surface area contributed by atoms with Gasteiger partial charge in [0.05, 0.1) is 22.7 Å². The van der Waals surface area contributed by atoms with Crippen LogP contribution < -0.4 is 0 Å². The molecule has 0 bridgehead atoms. The van der Waals surface area contributed by atoms with Gasteiger partial charge in [0, 0.05) is 11.4 Å². The maximum atomic E-state index is 5.41. The average Bonchev–Trinajstić information content (AvgIpc) is 3.12. The fourth-order valence-corrected chi connectivity index (χ4v) is 2.79. The van der Waals surface area contributed by atoms with Crippen molar-refractivity contribution >= 4 is 34.2 Å². The van der Waals surface area contributed by atoms with E-state index in [1.165, 1.54) is 23.7 Å². The summed E-state index contributed by atoms with van der Waals surface area (Å²) >= 11 is 5.41. The van der Waals surface area contributed by atoms with Gasteiger partial charge in [0.1, 0.15) is 0 Å². The molecule has 1 aliphatic carbocycles. The molecule has 0 amide bonds. The van der Waals surface area contributed by atoms with Crippen LogP contribution in [0, 0.1) is 4.77 Å². The number of hydrogen-bond donors (Lipinski definition) is 1. The van der Waals surface area contributed by atoms with E-state index in [0.717, 1.165) is 15.8 Å². The first-order chi connectivity index (χ1) is 8.34. The standard InChI is InChI=1S/C13H11N3S/c17-13-15-11-7-14-10-4-2-1-3-9(10)12(11)16(13)8-5-6-8/h1-4,7-8H,5-6H2,(H,15,17). The molecule has 0 radical (unpaired) electrons. The molecule has 0 unspecified atom stereocenters. The maximum Gasteiger partial charge on any atom is 0.178 e. The van der Waals surface area contributed by atoms with Crippen LogP contribution in [-0.4, -0.2) is 14.5 Å². The van der Waals surface area contributed by atoms with Crippen LogP contribution in [0.15, 0.2) is 30.5 Å². The van der Waals surface area contributed by atoms with E-state index in [1.807, 2.05) is 18.3 Å². The van der Waals surface area contributed by atoms with Crippen molar-refractivity contribution in [2.75, 3.05) is 0 Å². The molecule has 4 rings (SSSR count). The Labute approximate surface area is 103 Å². The molecule has 3 aromatic rings. The molecule has 2 heterocycles. The lowest BCUT2D eigenvalue weighted by Gasteiger charge is -2.04. The summed E-state index contributed by atoms with van der Waals surface area (Å²) in [4.78, 5) is 7.71. The number of H-pyrrole nitrogens is 1. The summed E-state index contributed by atoms with van der Waals surface area (Å²) in [5, 5.41) is 1.18. The van der Waals surface area contributed by atoms with E-state index in [1.54, 1.807) is 0 Å². The van der Waals surface area contributed by atoms with Crippen LogP contribution in [0.1, 0.15) is 18.9 Å². The molecule has 2 aromatic heterocycles. The molecule has 1 N–H and O–H groups in total. The summed E-state index contributed by atoms with van der Waals surface area (Å²) < 4.78 is 3.08. The van der Waals surface area contributed by atoms with Gasteiger partial charge in [-0.15, -0.1) is 0 Å². The number of hydrogen-bond acceptors (Lipinski definition) is 2. The summed E-state index contributed by atoms with van der Waals surface area (Å²) in [6.07, 6.45) is 4.35. The monoisotopic (exact) mass is 241 g/mol. The number of fused-ring (bicyclic) bond motifs is 3. The summed E-state index contributed by atoms with van der Waals surface area (Å²) in [6, 6.07) is 8.82. The molecular formula is C13H11N3S. The highest BCUT2D eigenvalue weighted by Crippen LogP contribution is 2.39. The largest absolute Gasteiger partial charge is 0.329 e. The van der Waals surface area contributed by atoms with Crippen molar-refractivity contribution < 1.29 is 0 Å². The van der Waals surface area contributed by atoms with Gasteiger partial charge >= 0.3 is 0 Å². The van der Waals surface area contributed by atoms with Crippen LogP contribution in [0.3, 0.4) is 0 Å². The summed E-state index contributed by atoms with van der Waals surface area (Å²) in [6.45, 7) is 0. The van der Waals surface area contributed by atoms with Crippen LogP contribution >= 0.6 is 12.2 Å². The Morgan fingerprint density at radius 1 is 1.29 bits per heavy atom. The number of rotatable bonds is 1. The Balaban J connectivity index is 2.26. The van der Waals surface area contributed by atoms with E-state index in [4.69, 9.17) is 12.2 Å². The third-order valence-corrected chi connectivity index (χ3v) is 3.66. The Hall–Kier alpha value is -1.68. The molecule has 1 aromatic carbocycles. The molecule has 0 atom stereocenters. The predicted octanol–water partition coefficient (Wildman–Crippen LogP) is 3.58. The molecule has 0 saturated heterocycles. The second-order valence-electron chi connectivity index (χ2n) is 4.57. The van der Waals surface area contributed by atoms with E-state index in [9.17, 15) is 0 Å². The van der Waals surface area contributed by atoms with Gasteiger partial charge in [-0.25, -0.2) is 0 Å². The van der Waals surface area contributed by atoms with Gasteiger partial charge in [-0.1, -0.05) is 18.2 Å². The number of pyridine rings is 1. The highest BCUT2D eigenvalue weighted by molar-refractivity contribution is 7.71. The number of benzene rings is 1. The van der Waals surface area contributed by atoms with Crippen molar-refractivity contribution in [3.8, 4) is 0 Å². The van der Waals surface area contributed by atoms with Gasteiger partial charge in [0.25, 0.3) is 0 Å². The van der Waals surface area contributed by atoms with Gasteiger partial charge in [0.2, 0.25) is 0 Å². The Morgan fingerprint density at radius 3 is 2.94 bits per heavy atom. The van der Waals surface area contributed by atoms with Crippen molar-refractivity contribution in [1.29, 1.82) is 0 Å². The van der Waals surface area contributed by atoms with E-state index >= 15 is 0 Å². The Morgan fingerprint density at radius 2 is 2.12 bits per heavy atom. The second-order valence-corrected chi connectivity index (χ2v) is 4.96. The molecule has 0 spiro atoms. The molecule has 1 fully saturated rings. The lowest BCUT2D eigenvalue weighted by atomic mass is 10.2. The molecule has 1 saturated carbocycles. The molecule has 84 valence electrons. The SMILES string of the molecule is S=c1[nH]c2cnc3ccccc3c2n1C1CC1. The second kappa shape index (κ2) is 3.17. The van der Waals surface area contributed by atoms with E-state index in [-0.39, 0.29) is 0 Å². The first-order valence-electron chi connectivity index (χ1n) is 5.82. The summed E-state index contributed by atoms with van der Waals surface area (Å²) in [5.74, 6) is 0. The van der Waals surface area contributed by atoms with Crippen LogP contribution in [0.5, 0.6) is 0 Å². The van der Waals surface area contributed by atoms with Gasteiger partial charge in [-0.05, 0) is 31.1 Å². The molecular weight excluding hydrogens is 230 g/mol. The van der Waals surface area contributed by atoms with Crippen molar-refractivity contribution in [2.24, 2.45) is 0 Å².